The number of hydrogen-bond acceptors (Lipinski definition) is 6. The topological polar surface area (TPSA) is 76.6 Å². The van der Waals surface area contributed by atoms with Crippen molar-refractivity contribution >= 4 is 29.9 Å². The molecule has 0 aliphatic carbocycles. The number of guanidine groups is 1. The number of ether oxygens (including phenoxy) is 4. The first kappa shape index (κ1) is 27.6. The molecule has 178 valence electrons. The van der Waals surface area contributed by atoms with Crippen molar-refractivity contribution in [2.24, 2.45) is 10.9 Å². The van der Waals surface area contributed by atoms with Crippen LogP contribution < -0.4 is 24.8 Å². The summed E-state index contributed by atoms with van der Waals surface area (Å²) in [4.78, 5) is 7.28. The quantitative estimate of drug-likeness (QED) is 0.264. The van der Waals surface area contributed by atoms with E-state index in [1.807, 2.05) is 12.1 Å². The summed E-state index contributed by atoms with van der Waals surface area (Å²) in [5.74, 6) is 3.34. The lowest BCUT2D eigenvalue weighted by molar-refractivity contribution is 0.00752. The van der Waals surface area contributed by atoms with Crippen LogP contribution in [0.1, 0.15) is 26.3 Å². The number of benzene rings is 1. The maximum atomic E-state index is 5.52. The zero-order valence-electron chi connectivity index (χ0n) is 19.7. The van der Waals surface area contributed by atoms with E-state index in [4.69, 9.17) is 23.9 Å². The van der Waals surface area contributed by atoms with Gasteiger partial charge in [0.15, 0.2) is 17.5 Å². The number of rotatable bonds is 10. The summed E-state index contributed by atoms with van der Waals surface area (Å²) in [5, 5.41) is 6.86. The highest BCUT2D eigenvalue weighted by molar-refractivity contribution is 14.0. The summed E-state index contributed by atoms with van der Waals surface area (Å²) in [6.45, 7) is 12.2. The van der Waals surface area contributed by atoms with Crippen LogP contribution in [-0.2, 0) is 11.3 Å². The Balaban J connectivity index is 0.00000480. The molecular formula is C22H39IN4O4. The first-order valence-corrected chi connectivity index (χ1v) is 10.7. The van der Waals surface area contributed by atoms with Crippen molar-refractivity contribution in [1.82, 2.24) is 15.5 Å². The Morgan fingerprint density at radius 2 is 1.65 bits per heavy atom. The Bertz CT molecular complexity index is 682. The van der Waals surface area contributed by atoms with Crippen LogP contribution in [0.15, 0.2) is 17.1 Å². The maximum Gasteiger partial charge on any atom is 0.191 e. The molecular weight excluding hydrogens is 511 g/mol. The van der Waals surface area contributed by atoms with Crippen LogP contribution in [0.5, 0.6) is 17.2 Å². The minimum absolute atomic E-state index is 0. The first-order valence-electron chi connectivity index (χ1n) is 10.7. The van der Waals surface area contributed by atoms with Crippen LogP contribution in [0.4, 0.5) is 0 Å². The predicted octanol–water partition coefficient (Wildman–Crippen LogP) is 2.74. The summed E-state index contributed by atoms with van der Waals surface area (Å²) in [7, 11) is 4.89. The normalized spacial score (nSPS) is 15.8. The van der Waals surface area contributed by atoms with Gasteiger partial charge in [0, 0.05) is 43.9 Å². The van der Waals surface area contributed by atoms with Gasteiger partial charge in [-0.1, -0.05) is 13.8 Å². The van der Waals surface area contributed by atoms with Gasteiger partial charge in [-0.05, 0) is 18.9 Å². The predicted molar refractivity (Wildman–Crippen MR) is 135 cm³/mol. The molecule has 1 atom stereocenters. The molecule has 31 heavy (non-hydrogen) atoms. The number of nitrogens with one attached hydrogen (secondary N) is 2. The second-order valence-corrected chi connectivity index (χ2v) is 7.55. The molecule has 1 unspecified atom stereocenters. The molecule has 1 saturated heterocycles. The molecule has 1 aromatic rings. The molecule has 0 saturated carbocycles. The molecule has 2 rings (SSSR count). The summed E-state index contributed by atoms with van der Waals surface area (Å²) in [5.41, 5.74) is 0.931. The zero-order valence-corrected chi connectivity index (χ0v) is 22.0. The minimum Gasteiger partial charge on any atom is -0.496 e. The van der Waals surface area contributed by atoms with Gasteiger partial charge in [-0.3, -0.25) is 4.90 Å². The van der Waals surface area contributed by atoms with Crippen LogP contribution in [0.25, 0.3) is 0 Å². The van der Waals surface area contributed by atoms with Crippen molar-refractivity contribution in [2.45, 2.75) is 33.4 Å². The Kier molecular flexibility index (Phi) is 13.0. The monoisotopic (exact) mass is 550 g/mol. The molecule has 8 nitrogen and oxygen atoms in total. The molecule has 2 N–H and O–H groups in total. The van der Waals surface area contributed by atoms with Gasteiger partial charge >= 0.3 is 0 Å². The largest absolute Gasteiger partial charge is 0.496 e. The van der Waals surface area contributed by atoms with E-state index in [1.54, 1.807) is 21.3 Å². The van der Waals surface area contributed by atoms with Crippen LogP contribution >= 0.6 is 24.0 Å². The molecule has 1 aromatic carbocycles. The molecule has 9 heteroatoms. The number of methoxy groups -OCH3 is 3. The highest BCUT2D eigenvalue weighted by Crippen LogP contribution is 2.34. The average Bonchev–Trinajstić information content (AvgIpc) is 2.77. The molecule has 0 radical (unpaired) electrons. The standard InChI is InChI=1S/C22H38N4O4.HI/c1-7-23-22(25-15-18(16(2)3)26-8-10-30-11-9-26)24-14-17-12-20(28-5)21(29-6)13-19(17)27-4;/h12-13,16,18H,7-11,14-15H2,1-6H3,(H2,23,24,25);1H. The molecule has 0 bridgehead atoms. The van der Waals surface area contributed by atoms with Gasteiger partial charge in [0.1, 0.15) is 5.75 Å². The Morgan fingerprint density at radius 3 is 2.19 bits per heavy atom. The summed E-state index contributed by atoms with van der Waals surface area (Å²) in [6.07, 6.45) is 0. The highest BCUT2D eigenvalue weighted by Gasteiger charge is 2.24. The minimum atomic E-state index is 0. The van der Waals surface area contributed by atoms with E-state index in [9.17, 15) is 0 Å². The SMILES string of the molecule is CCNC(=NCc1cc(OC)c(OC)cc1OC)NCC(C(C)C)N1CCOCC1.I. The fourth-order valence-corrected chi connectivity index (χ4v) is 3.62. The van der Waals surface area contributed by atoms with Crippen LogP contribution in [0.2, 0.25) is 0 Å². The van der Waals surface area contributed by atoms with Crippen molar-refractivity contribution in [3.8, 4) is 17.2 Å². The number of halogens is 1. The highest BCUT2D eigenvalue weighted by atomic mass is 127. The van der Waals surface area contributed by atoms with E-state index in [0.717, 1.165) is 56.7 Å². The maximum absolute atomic E-state index is 5.52. The number of aliphatic imine (C=N–C) groups is 1. The number of hydrogen-bond donors (Lipinski definition) is 2. The lowest BCUT2D eigenvalue weighted by Gasteiger charge is -2.37. The van der Waals surface area contributed by atoms with Gasteiger partial charge in [-0.25, -0.2) is 4.99 Å². The number of nitrogens with zero attached hydrogens (tertiary/aromatic N) is 2. The average molecular weight is 550 g/mol. The van der Waals surface area contributed by atoms with E-state index >= 15 is 0 Å². The van der Waals surface area contributed by atoms with Gasteiger partial charge in [0.2, 0.25) is 0 Å². The molecule has 1 aliphatic heterocycles. The number of morpholine rings is 1. The fourth-order valence-electron chi connectivity index (χ4n) is 3.62. The fraction of sp³-hybridized carbons (Fsp3) is 0.682. The molecule has 0 amide bonds. The van der Waals surface area contributed by atoms with E-state index in [1.165, 1.54) is 0 Å². The molecule has 1 heterocycles. The third kappa shape index (κ3) is 8.19. The third-order valence-electron chi connectivity index (χ3n) is 5.30. The summed E-state index contributed by atoms with van der Waals surface area (Å²) < 4.78 is 21.8. The van der Waals surface area contributed by atoms with Crippen LogP contribution in [0, 0.1) is 5.92 Å². The Labute approximate surface area is 204 Å². The van der Waals surface area contributed by atoms with Gasteiger partial charge < -0.3 is 29.6 Å². The van der Waals surface area contributed by atoms with Gasteiger partial charge in [0.25, 0.3) is 0 Å². The first-order chi connectivity index (χ1) is 14.5. The lowest BCUT2D eigenvalue weighted by Crippen LogP contribution is -2.52. The third-order valence-corrected chi connectivity index (χ3v) is 5.30. The van der Waals surface area contributed by atoms with Crippen molar-refractivity contribution in [3.63, 3.8) is 0 Å². The second-order valence-electron chi connectivity index (χ2n) is 7.55. The van der Waals surface area contributed by atoms with Gasteiger partial charge in [-0.2, -0.15) is 0 Å². The van der Waals surface area contributed by atoms with Crippen molar-refractivity contribution in [3.05, 3.63) is 17.7 Å². The van der Waals surface area contributed by atoms with Crippen molar-refractivity contribution in [1.29, 1.82) is 0 Å². The van der Waals surface area contributed by atoms with E-state index < -0.39 is 0 Å². The van der Waals surface area contributed by atoms with Crippen molar-refractivity contribution < 1.29 is 18.9 Å². The van der Waals surface area contributed by atoms with E-state index in [-0.39, 0.29) is 24.0 Å². The van der Waals surface area contributed by atoms with Crippen molar-refractivity contribution in [2.75, 3.05) is 60.7 Å². The second kappa shape index (κ2) is 14.6. The van der Waals surface area contributed by atoms with E-state index in [2.05, 4.69) is 36.3 Å². The summed E-state index contributed by atoms with van der Waals surface area (Å²) in [6, 6.07) is 4.17. The summed E-state index contributed by atoms with van der Waals surface area (Å²) >= 11 is 0. The zero-order chi connectivity index (χ0) is 21.9. The van der Waals surface area contributed by atoms with E-state index in [0.29, 0.717) is 30.0 Å². The Morgan fingerprint density at radius 1 is 1.03 bits per heavy atom. The van der Waals surface area contributed by atoms with Gasteiger partial charge in [0.05, 0.1) is 41.1 Å². The Hall–Kier alpha value is -1.46. The smallest absolute Gasteiger partial charge is 0.191 e. The molecule has 1 fully saturated rings. The van der Waals surface area contributed by atoms with Crippen LogP contribution in [-0.4, -0.2) is 77.6 Å². The van der Waals surface area contributed by atoms with Crippen LogP contribution in [0.3, 0.4) is 0 Å². The molecule has 1 aliphatic rings. The molecule has 0 aromatic heterocycles. The van der Waals surface area contributed by atoms with Gasteiger partial charge in [-0.15, -0.1) is 24.0 Å². The molecule has 0 spiro atoms. The lowest BCUT2D eigenvalue weighted by atomic mass is 10.0.